The van der Waals surface area contributed by atoms with Crippen molar-refractivity contribution in [3.8, 4) is 11.5 Å². The average Bonchev–Trinajstić information content (AvgIpc) is 2.43. The number of phenols is 2. The summed E-state index contributed by atoms with van der Waals surface area (Å²) >= 11 is 0. The lowest BCUT2D eigenvalue weighted by atomic mass is 10.2. The first kappa shape index (κ1) is 20.0. The molecule has 1 rings (SSSR count). The molecule has 0 aromatic heterocycles. The molecule has 0 radical (unpaired) electrons. The summed E-state index contributed by atoms with van der Waals surface area (Å²) in [5.74, 6) is -1.91. The van der Waals surface area contributed by atoms with Crippen LogP contribution in [0, 0.1) is 0 Å². The van der Waals surface area contributed by atoms with E-state index in [0.29, 0.717) is 13.0 Å². The smallest absolute Gasteiger partial charge is 0.347 e. The van der Waals surface area contributed by atoms with E-state index in [1.807, 2.05) is 0 Å². The predicted octanol–water partition coefficient (Wildman–Crippen LogP) is 1.27. The number of phenolic OH excluding ortho intramolecular Hbond substituents is 2. The van der Waals surface area contributed by atoms with Gasteiger partial charge in [-0.25, -0.2) is 4.79 Å². The van der Waals surface area contributed by atoms with Gasteiger partial charge in [-0.3, -0.25) is 4.79 Å². The first-order valence-corrected chi connectivity index (χ1v) is 6.71. The number of carbonyl (C=O) groups is 2. The van der Waals surface area contributed by atoms with Gasteiger partial charge < -0.3 is 26.0 Å². The first-order chi connectivity index (χ1) is 10.1. The van der Waals surface area contributed by atoms with Crippen molar-refractivity contribution in [3.05, 3.63) is 23.8 Å². The molecule has 0 bridgehead atoms. The van der Waals surface area contributed by atoms with Crippen LogP contribution in [-0.2, 0) is 9.53 Å². The van der Waals surface area contributed by atoms with Gasteiger partial charge in [-0.05, 0) is 31.5 Å². The summed E-state index contributed by atoms with van der Waals surface area (Å²) < 4.78 is 4.78. The summed E-state index contributed by atoms with van der Waals surface area (Å²) in [5.41, 5.74) is 5.02. The maximum atomic E-state index is 11.7. The van der Waals surface area contributed by atoms with Crippen molar-refractivity contribution in [1.29, 1.82) is 0 Å². The van der Waals surface area contributed by atoms with Gasteiger partial charge in [0.25, 0.3) is 0 Å². The van der Waals surface area contributed by atoms with Gasteiger partial charge in [-0.1, -0.05) is 12.5 Å². The van der Waals surface area contributed by atoms with E-state index >= 15 is 0 Å². The van der Waals surface area contributed by atoms with Crippen molar-refractivity contribution >= 4 is 24.3 Å². The lowest BCUT2D eigenvalue weighted by molar-refractivity contribution is -0.122. The largest absolute Gasteiger partial charge is 0.507 e. The number of benzene rings is 1. The molecule has 0 saturated heterocycles. The maximum Gasteiger partial charge on any atom is 0.347 e. The van der Waals surface area contributed by atoms with Crippen molar-refractivity contribution < 1.29 is 24.5 Å². The molecule has 1 amide bonds. The second kappa shape index (κ2) is 10.7. The fourth-order valence-corrected chi connectivity index (χ4v) is 1.69. The third-order valence-electron chi connectivity index (χ3n) is 2.81. The van der Waals surface area contributed by atoms with E-state index in [9.17, 15) is 19.8 Å². The second-order valence-corrected chi connectivity index (χ2v) is 4.45. The fraction of sp³-hybridized carbons (Fsp3) is 0.429. The first-order valence-electron chi connectivity index (χ1n) is 6.71. The number of halogens is 1. The zero-order chi connectivity index (χ0) is 15.7. The Kier molecular flexibility index (Phi) is 9.73. The van der Waals surface area contributed by atoms with E-state index in [1.54, 1.807) is 0 Å². The van der Waals surface area contributed by atoms with Gasteiger partial charge in [0.05, 0.1) is 0 Å². The summed E-state index contributed by atoms with van der Waals surface area (Å²) in [4.78, 5) is 23.1. The highest BCUT2D eigenvalue weighted by Crippen LogP contribution is 2.26. The molecule has 0 aliphatic rings. The van der Waals surface area contributed by atoms with E-state index < -0.39 is 5.97 Å². The van der Waals surface area contributed by atoms with Crippen LogP contribution in [0.3, 0.4) is 0 Å². The zero-order valence-electron chi connectivity index (χ0n) is 12.1. The van der Waals surface area contributed by atoms with Crippen LogP contribution >= 0.6 is 12.4 Å². The number of amides is 1. The summed E-state index contributed by atoms with van der Waals surface area (Å²) in [6, 6.07) is 3.91. The predicted molar refractivity (Wildman–Crippen MR) is 83.0 cm³/mol. The van der Waals surface area contributed by atoms with Crippen molar-refractivity contribution in [2.75, 3.05) is 13.3 Å². The lowest BCUT2D eigenvalue weighted by Gasteiger charge is -2.09. The summed E-state index contributed by atoms with van der Waals surface area (Å²) in [5, 5.41) is 21.4. The van der Waals surface area contributed by atoms with Crippen LogP contribution in [0.4, 0.5) is 0 Å². The number of hydrogen-bond acceptors (Lipinski definition) is 6. The molecule has 0 aliphatic carbocycles. The highest BCUT2D eigenvalue weighted by molar-refractivity contribution is 5.95. The van der Waals surface area contributed by atoms with Crippen molar-refractivity contribution in [2.45, 2.75) is 25.7 Å². The highest BCUT2D eigenvalue weighted by Gasteiger charge is 2.17. The summed E-state index contributed by atoms with van der Waals surface area (Å²) in [6.45, 7) is 0.283. The van der Waals surface area contributed by atoms with Gasteiger partial charge in [-0.2, -0.15) is 0 Å². The van der Waals surface area contributed by atoms with Crippen LogP contribution in [0.5, 0.6) is 11.5 Å². The van der Waals surface area contributed by atoms with E-state index in [-0.39, 0.29) is 42.1 Å². The minimum Gasteiger partial charge on any atom is -0.507 e. The molecule has 0 atom stereocenters. The molecule has 0 aliphatic heterocycles. The molecule has 7 nitrogen and oxygen atoms in total. The topological polar surface area (TPSA) is 122 Å². The minimum atomic E-state index is -0.908. The molecule has 0 fully saturated rings. The van der Waals surface area contributed by atoms with Crippen LogP contribution in [0.25, 0.3) is 0 Å². The monoisotopic (exact) mass is 332 g/mol. The van der Waals surface area contributed by atoms with Crippen LogP contribution in [0.15, 0.2) is 18.2 Å². The SMILES string of the molecule is Cl.NCCCCCC(=O)NCOC(=O)c1c(O)cccc1O. The Morgan fingerprint density at radius 3 is 2.36 bits per heavy atom. The van der Waals surface area contributed by atoms with Gasteiger partial charge >= 0.3 is 5.97 Å². The number of nitrogens with two attached hydrogens (primary N) is 1. The molecular formula is C14H21ClN2O5. The Labute approximate surface area is 134 Å². The van der Waals surface area contributed by atoms with Gasteiger partial charge in [0, 0.05) is 6.42 Å². The number of ether oxygens (including phenoxy) is 1. The van der Waals surface area contributed by atoms with Crippen LogP contribution in [-0.4, -0.2) is 35.4 Å². The normalized spacial score (nSPS) is 9.68. The third kappa shape index (κ3) is 6.64. The Morgan fingerprint density at radius 1 is 1.14 bits per heavy atom. The Balaban J connectivity index is 0.00000441. The van der Waals surface area contributed by atoms with E-state index in [1.165, 1.54) is 18.2 Å². The molecule has 1 aromatic carbocycles. The third-order valence-corrected chi connectivity index (χ3v) is 2.81. The number of aromatic hydroxyl groups is 2. The van der Waals surface area contributed by atoms with Crippen LogP contribution < -0.4 is 11.1 Å². The van der Waals surface area contributed by atoms with Gasteiger partial charge in [0.2, 0.25) is 5.91 Å². The fourth-order valence-electron chi connectivity index (χ4n) is 1.69. The number of nitrogens with one attached hydrogen (secondary N) is 1. The van der Waals surface area contributed by atoms with Crippen LogP contribution in [0.2, 0.25) is 0 Å². The molecule has 0 spiro atoms. The van der Waals surface area contributed by atoms with Crippen molar-refractivity contribution in [1.82, 2.24) is 5.32 Å². The van der Waals surface area contributed by atoms with E-state index in [0.717, 1.165) is 19.3 Å². The standard InChI is InChI=1S/C14H20N2O5.ClH/c15-8-3-1-2-7-12(19)16-9-21-14(20)13-10(17)5-4-6-11(13)18;/h4-6,17-18H,1-3,7-9,15H2,(H,16,19);1H. The number of esters is 1. The van der Waals surface area contributed by atoms with E-state index in [4.69, 9.17) is 10.5 Å². The number of rotatable bonds is 8. The molecule has 22 heavy (non-hydrogen) atoms. The minimum absolute atomic E-state index is 0. The molecule has 0 unspecified atom stereocenters. The van der Waals surface area contributed by atoms with E-state index in [2.05, 4.69) is 5.32 Å². The van der Waals surface area contributed by atoms with Gasteiger partial charge in [0.15, 0.2) is 6.73 Å². The molecule has 1 aromatic rings. The molecule has 0 saturated carbocycles. The molecular weight excluding hydrogens is 312 g/mol. The number of unbranched alkanes of at least 4 members (excludes halogenated alkanes) is 2. The number of hydrogen-bond donors (Lipinski definition) is 4. The van der Waals surface area contributed by atoms with Crippen LogP contribution in [0.1, 0.15) is 36.0 Å². The maximum absolute atomic E-state index is 11.7. The van der Waals surface area contributed by atoms with Crippen molar-refractivity contribution in [2.24, 2.45) is 5.73 Å². The van der Waals surface area contributed by atoms with Gasteiger partial charge in [-0.15, -0.1) is 12.4 Å². The Hall–Kier alpha value is -1.99. The quantitative estimate of drug-likeness (QED) is 0.323. The zero-order valence-corrected chi connectivity index (χ0v) is 12.9. The number of carbonyl (C=O) groups excluding carboxylic acids is 2. The molecule has 0 heterocycles. The molecule has 5 N–H and O–H groups in total. The highest BCUT2D eigenvalue weighted by atomic mass is 35.5. The second-order valence-electron chi connectivity index (χ2n) is 4.45. The summed E-state index contributed by atoms with van der Waals surface area (Å²) in [7, 11) is 0. The average molecular weight is 333 g/mol. The molecule has 124 valence electrons. The molecule has 8 heteroatoms. The Bertz CT molecular complexity index is 476. The van der Waals surface area contributed by atoms with Gasteiger partial charge in [0.1, 0.15) is 17.1 Å². The van der Waals surface area contributed by atoms with Crippen molar-refractivity contribution in [3.63, 3.8) is 0 Å². The lowest BCUT2D eigenvalue weighted by Crippen LogP contribution is -2.27. The Morgan fingerprint density at radius 2 is 1.77 bits per heavy atom. The summed E-state index contributed by atoms with van der Waals surface area (Å²) in [6.07, 6.45) is 2.79.